The topological polar surface area (TPSA) is 69.9 Å². The van der Waals surface area contributed by atoms with Gasteiger partial charge in [-0.25, -0.2) is 14.2 Å². The van der Waals surface area contributed by atoms with Crippen LogP contribution in [-0.2, 0) is 9.53 Å². The Labute approximate surface area is 187 Å². The van der Waals surface area contributed by atoms with Crippen LogP contribution >= 0.6 is 11.3 Å². The van der Waals surface area contributed by atoms with Gasteiger partial charge in [0.1, 0.15) is 17.6 Å². The Morgan fingerprint density at radius 1 is 1.22 bits per heavy atom. The maximum absolute atomic E-state index is 14.2. The molecule has 0 aliphatic carbocycles. The number of halogens is 1. The van der Waals surface area contributed by atoms with Crippen molar-refractivity contribution < 1.29 is 18.7 Å². The molecule has 0 radical (unpaired) electrons. The van der Waals surface area contributed by atoms with Gasteiger partial charge in [-0.3, -0.25) is 9.36 Å². The standard InChI is InChI=1S/C24H21FN2O4S/c1-4-31-23(29)20-14(2)26-24-27(21(20)16-10-6-8-12-18(16)30-3)22(28)19(32-24)13-15-9-5-7-11-17(15)25/h5-13,21H,4H2,1-3H3/b19-13-/t21-/m0/s1. The Morgan fingerprint density at radius 3 is 2.66 bits per heavy atom. The average Bonchev–Trinajstić information content (AvgIpc) is 3.09. The van der Waals surface area contributed by atoms with Crippen LogP contribution in [0.1, 0.15) is 31.0 Å². The number of carbonyl (C=O) groups is 1. The molecule has 0 amide bonds. The molecule has 1 aliphatic heterocycles. The summed E-state index contributed by atoms with van der Waals surface area (Å²) < 4.78 is 26.8. The molecule has 0 spiro atoms. The lowest BCUT2D eigenvalue weighted by molar-refractivity contribution is -0.139. The van der Waals surface area contributed by atoms with Crippen molar-refractivity contribution in [3.8, 4) is 5.75 Å². The van der Waals surface area contributed by atoms with Gasteiger partial charge in [-0.05, 0) is 32.1 Å². The van der Waals surface area contributed by atoms with E-state index in [1.807, 2.05) is 12.1 Å². The molecule has 2 heterocycles. The van der Waals surface area contributed by atoms with Crippen molar-refractivity contribution >= 4 is 23.4 Å². The number of fused-ring (bicyclic) bond motifs is 1. The molecule has 0 N–H and O–H groups in total. The van der Waals surface area contributed by atoms with Gasteiger partial charge in [-0.15, -0.1) is 0 Å². The molecule has 32 heavy (non-hydrogen) atoms. The van der Waals surface area contributed by atoms with Gasteiger partial charge in [0.2, 0.25) is 0 Å². The van der Waals surface area contributed by atoms with Crippen LogP contribution < -0.4 is 19.6 Å². The van der Waals surface area contributed by atoms with Crippen molar-refractivity contribution in [3.63, 3.8) is 0 Å². The molecule has 6 nitrogen and oxygen atoms in total. The molecule has 0 saturated heterocycles. The summed E-state index contributed by atoms with van der Waals surface area (Å²) in [6, 6.07) is 12.6. The Bertz CT molecular complexity index is 1400. The SMILES string of the molecule is CCOC(=O)C1=C(C)N=c2s/c(=C\c3ccccc3F)c(=O)n2[C@H]1c1ccccc1OC. The lowest BCUT2D eigenvalue weighted by Gasteiger charge is -2.25. The Kier molecular flexibility index (Phi) is 6.05. The van der Waals surface area contributed by atoms with Crippen molar-refractivity contribution in [2.75, 3.05) is 13.7 Å². The third-order valence-corrected chi connectivity index (χ3v) is 6.13. The summed E-state index contributed by atoms with van der Waals surface area (Å²) in [6.45, 7) is 3.62. The third-order valence-electron chi connectivity index (χ3n) is 5.14. The van der Waals surface area contributed by atoms with Gasteiger partial charge in [-0.2, -0.15) is 0 Å². The van der Waals surface area contributed by atoms with Crippen molar-refractivity contribution in [2.45, 2.75) is 19.9 Å². The number of ether oxygens (including phenoxy) is 2. The normalized spacial score (nSPS) is 15.9. The second-order valence-electron chi connectivity index (χ2n) is 7.07. The van der Waals surface area contributed by atoms with Gasteiger partial charge in [0.05, 0.1) is 29.5 Å². The van der Waals surface area contributed by atoms with E-state index >= 15 is 0 Å². The fourth-order valence-electron chi connectivity index (χ4n) is 3.71. The van der Waals surface area contributed by atoms with E-state index in [0.717, 1.165) is 11.3 Å². The Hall–Kier alpha value is -3.52. The van der Waals surface area contributed by atoms with Crippen molar-refractivity contribution in [1.82, 2.24) is 4.57 Å². The number of hydrogen-bond acceptors (Lipinski definition) is 6. The van der Waals surface area contributed by atoms with E-state index in [2.05, 4.69) is 4.99 Å². The molecule has 1 aromatic heterocycles. The van der Waals surface area contributed by atoms with Gasteiger partial charge in [0, 0.05) is 11.1 Å². The Morgan fingerprint density at radius 2 is 1.94 bits per heavy atom. The van der Waals surface area contributed by atoms with Crippen molar-refractivity contribution in [2.24, 2.45) is 4.99 Å². The van der Waals surface area contributed by atoms with Crippen LogP contribution in [0.25, 0.3) is 6.08 Å². The molecule has 0 fully saturated rings. The van der Waals surface area contributed by atoms with Crippen LogP contribution in [0.2, 0.25) is 0 Å². The second-order valence-corrected chi connectivity index (χ2v) is 8.07. The fourth-order valence-corrected chi connectivity index (χ4v) is 4.75. The van der Waals surface area contributed by atoms with Gasteiger partial charge in [0.25, 0.3) is 5.56 Å². The molecule has 0 unspecified atom stereocenters. The molecule has 3 aromatic rings. The molecule has 2 aromatic carbocycles. The number of rotatable bonds is 5. The van der Waals surface area contributed by atoms with Crippen LogP contribution in [0.15, 0.2) is 69.6 Å². The highest BCUT2D eigenvalue weighted by atomic mass is 32.1. The highest BCUT2D eigenvalue weighted by Gasteiger charge is 2.34. The van der Waals surface area contributed by atoms with E-state index in [0.29, 0.717) is 31.9 Å². The Balaban J connectivity index is 2.01. The second kappa shape index (κ2) is 8.92. The molecular formula is C24H21FN2O4S. The fraction of sp³-hybridized carbons (Fsp3) is 0.208. The van der Waals surface area contributed by atoms with Crippen LogP contribution in [0.5, 0.6) is 5.75 Å². The number of allylic oxidation sites excluding steroid dienone is 1. The lowest BCUT2D eigenvalue weighted by Crippen LogP contribution is -2.40. The van der Waals surface area contributed by atoms with Crippen molar-refractivity contribution in [3.05, 3.63) is 96.4 Å². The first kappa shape index (κ1) is 21.7. The quantitative estimate of drug-likeness (QED) is 0.558. The van der Waals surface area contributed by atoms with E-state index in [1.165, 1.54) is 23.8 Å². The number of esters is 1. The highest BCUT2D eigenvalue weighted by Crippen LogP contribution is 2.35. The van der Waals surface area contributed by atoms with E-state index in [-0.39, 0.29) is 17.7 Å². The smallest absolute Gasteiger partial charge is 0.338 e. The summed E-state index contributed by atoms with van der Waals surface area (Å²) in [7, 11) is 1.53. The van der Waals surface area contributed by atoms with E-state index < -0.39 is 17.8 Å². The number of carbonyl (C=O) groups excluding carboxylic acids is 1. The molecule has 4 rings (SSSR count). The maximum atomic E-state index is 14.2. The van der Waals surface area contributed by atoms with Gasteiger partial charge < -0.3 is 9.47 Å². The average molecular weight is 453 g/mol. The van der Waals surface area contributed by atoms with Crippen LogP contribution in [0, 0.1) is 5.82 Å². The molecule has 0 bridgehead atoms. The zero-order valence-corrected chi connectivity index (χ0v) is 18.6. The van der Waals surface area contributed by atoms with Gasteiger partial charge in [0.15, 0.2) is 4.80 Å². The van der Waals surface area contributed by atoms with E-state index in [9.17, 15) is 14.0 Å². The minimum atomic E-state index is -0.788. The minimum absolute atomic E-state index is 0.186. The number of para-hydroxylation sites is 1. The van der Waals surface area contributed by atoms with Crippen LogP contribution in [-0.4, -0.2) is 24.3 Å². The van der Waals surface area contributed by atoms with Gasteiger partial charge >= 0.3 is 5.97 Å². The number of methoxy groups -OCH3 is 1. The van der Waals surface area contributed by atoms with E-state index in [4.69, 9.17) is 9.47 Å². The number of nitrogens with zero attached hydrogens (tertiary/aromatic N) is 2. The predicted octanol–water partition coefficient (Wildman–Crippen LogP) is 2.95. The molecule has 164 valence electrons. The summed E-state index contributed by atoms with van der Waals surface area (Å²) in [5.41, 5.74) is 1.28. The maximum Gasteiger partial charge on any atom is 0.338 e. The number of benzene rings is 2. The zero-order valence-electron chi connectivity index (χ0n) is 17.8. The number of aromatic nitrogens is 1. The number of hydrogen-bond donors (Lipinski definition) is 0. The highest BCUT2D eigenvalue weighted by molar-refractivity contribution is 7.07. The summed E-state index contributed by atoms with van der Waals surface area (Å²) >= 11 is 1.14. The van der Waals surface area contributed by atoms with Crippen LogP contribution in [0.4, 0.5) is 4.39 Å². The largest absolute Gasteiger partial charge is 0.496 e. The molecular weight excluding hydrogens is 431 g/mol. The first-order valence-corrected chi connectivity index (χ1v) is 10.8. The summed E-state index contributed by atoms with van der Waals surface area (Å²) in [5, 5.41) is 0. The van der Waals surface area contributed by atoms with Gasteiger partial charge in [-0.1, -0.05) is 47.7 Å². The first-order chi connectivity index (χ1) is 15.5. The first-order valence-electron chi connectivity index (χ1n) is 10.0. The summed E-state index contributed by atoms with van der Waals surface area (Å²) in [4.78, 5) is 31.3. The van der Waals surface area contributed by atoms with Crippen molar-refractivity contribution in [1.29, 1.82) is 0 Å². The summed E-state index contributed by atoms with van der Waals surface area (Å²) in [6.07, 6.45) is 1.50. The monoisotopic (exact) mass is 452 g/mol. The third kappa shape index (κ3) is 3.78. The zero-order chi connectivity index (χ0) is 22.8. The lowest BCUT2D eigenvalue weighted by atomic mass is 9.95. The summed E-state index contributed by atoms with van der Waals surface area (Å²) in [5.74, 6) is -0.450. The minimum Gasteiger partial charge on any atom is -0.496 e. The molecule has 0 saturated carbocycles. The molecule has 1 atom stereocenters. The number of thiazole rings is 1. The molecule has 8 heteroatoms. The molecule has 1 aliphatic rings. The van der Waals surface area contributed by atoms with Crippen LogP contribution in [0.3, 0.4) is 0 Å². The van der Waals surface area contributed by atoms with E-state index in [1.54, 1.807) is 44.2 Å². The predicted molar refractivity (Wildman–Crippen MR) is 120 cm³/mol.